The molecule has 6 nitrogen and oxygen atoms in total. The van der Waals surface area contributed by atoms with E-state index in [0.29, 0.717) is 17.9 Å². The van der Waals surface area contributed by atoms with E-state index >= 15 is 0 Å². The van der Waals surface area contributed by atoms with Crippen LogP contribution in [0.1, 0.15) is 24.8 Å². The average molecular weight is 225 g/mol. The van der Waals surface area contributed by atoms with Crippen molar-refractivity contribution in [2.75, 3.05) is 24.6 Å². The van der Waals surface area contributed by atoms with E-state index in [9.17, 15) is 9.59 Å². The van der Waals surface area contributed by atoms with Crippen molar-refractivity contribution in [3.63, 3.8) is 0 Å². The second kappa shape index (κ2) is 4.13. The van der Waals surface area contributed by atoms with E-state index in [1.807, 2.05) is 11.8 Å². The van der Waals surface area contributed by atoms with Crippen LogP contribution >= 0.6 is 0 Å². The number of rotatable bonds is 2. The molecule has 2 heterocycles. The second-order valence-electron chi connectivity index (χ2n) is 4.07. The second-order valence-corrected chi connectivity index (χ2v) is 4.07. The Bertz CT molecular complexity index is 491. The highest BCUT2D eigenvalue weighted by atomic mass is 16.3. The highest BCUT2D eigenvalue weighted by molar-refractivity contribution is 5.49. The minimum atomic E-state index is -0.499. The number of hydrogen-bond donors (Lipinski definition) is 3. The van der Waals surface area contributed by atoms with Crippen LogP contribution in [-0.2, 0) is 0 Å². The molecule has 1 atom stereocenters. The molecule has 0 bridgehead atoms. The summed E-state index contributed by atoms with van der Waals surface area (Å²) in [5.74, 6) is 0.687. The maximum atomic E-state index is 11.7. The summed E-state index contributed by atoms with van der Waals surface area (Å²) in [7, 11) is 0. The van der Waals surface area contributed by atoms with E-state index in [2.05, 4.69) is 9.97 Å². The normalized spacial score (nSPS) is 19.6. The summed E-state index contributed by atoms with van der Waals surface area (Å²) < 4.78 is 0. The standard InChI is InChI=1S/C10H15N3O3/c1-6-2-3-13(4-5-14)8-7(6)9(15)12-10(16)11-8/h6,14H,2-5H2,1H3,(H2,11,12,15,16). The van der Waals surface area contributed by atoms with Gasteiger partial charge >= 0.3 is 5.69 Å². The van der Waals surface area contributed by atoms with Crippen LogP contribution < -0.4 is 16.1 Å². The van der Waals surface area contributed by atoms with Crippen LogP contribution in [0.15, 0.2) is 9.59 Å². The van der Waals surface area contributed by atoms with Crippen LogP contribution in [0.4, 0.5) is 5.82 Å². The molecular weight excluding hydrogens is 210 g/mol. The van der Waals surface area contributed by atoms with E-state index in [1.165, 1.54) is 0 Å². The summed E-state index contributed by atoms with van der Waals surface area (Å²) in [6.07, 6.45) is 0.849. The number of fused-ring (bicyclic) bond motifs is 1. The number of H-pyrrole nitrogens is 2. The fourth-order valence-electron chi connectivity index (χ4n) is 2.14. The Balaban J connectivity index is 2.56. The van der Waals surface area contributed by atoms with Crippen molar-refractivity contribution in [2.24, 2.45) is 0 Å². The molecule has 0 radical (unpaired) electrons. The van der Waals surface area contributed by atoms with Crippen molar-refractivity contribution < 1.29 is 5.11 Å². The van der Waals surface area contributed by atoms with Gasteiger partial charge in [0.25, 0.3) is 5.56 Å². The topological polar surface area (TPSA) is 89.2 Å². The van der Waals surface area contributed by atoms with Crippen LogP contribution in [0.3, 0.4) is 0 Å². The fraction of sp³-hybridized carbons (Fsp3) is 0.600. The SMILES string of the molecule is CC1CCN(CCO)c2[nH]c(=O)[nH]c(=O)c21. The number of aromatic amines is 2. The third-order valence-electron chi connectivity index (χ3n) is 2.97. The molecule has 0 amide bonds. The summed E-state index contributed by atoms with van der Waals surface area (Å²) in [6.45, 7) is 3.14. The summed E-state index contributed by atoms with van der Waals surface area (Å²) in [6, 6.07) is 0. The Morgan fingerprint density at radius 2 is 2.19 bits per heavy atom. The molecule has 88 valence electrons. The van der Waals surface area contributed by atoms with E-state index in [1.54, 1.807) is 0 Å². The van der Waals surface area contributed by atoms with Gasteiger partial charge in [-0.2, -0.15) is 0 Å². The molecule has 0 aliphatic carbocycles. The quantitative estimate of drug-likeness (QED) is 0.625. The zero-order valence-electron chi connectivity index (χ0n) is 9.12. The number of β-amino-alcohol motifs (C(OH)–C–C–N with tert-alkyl or cyclic N) is 1. The number of nitrogens with one attached hydrogen (secondary N) is 2. The van der Waals surface area contributed by atoms with Gasteiger partial charge in [0.1, 0.15) is 5.82 Å². The number of aliphatic hydroxyl groups excluding tert-OH is 1. The molecule has 6 heteroatoms. The molecule has 0 spiro atoms. The number of aromatic nitrogens is 2. The van der Waals surface area contributed by atoms with E-state index in [0.717, 1.165) is 13.0 Å². The highest BCUT2D eigenvalue weighted by Crippen LogP contribution is 2.29. The molecule has 16 heavy (non-hydrogen) atoms. The molecule has 0 saturated heterocycles. The molecule has 2 rings (SSSR count). The van der Waals surface area contributed by atoms with Crippen molar-refractivity contribution in [1.29, 1.82) is 0 Å². The van der Waals surface area contributed by atoms with Crippen LogP contribution in [0.2, 0.25) is 0 Å². The molecule has 1 aliphatic rings. The third kappa shape index (κ3) is 1.76. The molecule has 0 fully saturated rings. The van der Waals surface area contributed by atoms with Gasteiger partial charge in [-0.1, -0.05) is 6.92 Å². The number of hydrogen-bond acceptors (Lipinski definition) is 4. The average Bonchev–Trinajstić information content (AvgIpc) is 2.21. The van der Waals surface area contributed by atoms with Gasteiger partial charge in [-0.15, -0.1) is 0 Å². The Morgan fingerprint density at radius 1 is 1.44 bits per heavy atom. The van der Waals surface area contributed by atoms with E-state index in [4.69, 9.17) is 5.11 Å². The largest absolute Gasteiger partial charge is 0.395 e. The van der Waals surface area contributed by atoms with E-state index < -0.39 is 5.69 Å². The maximum absolute atomic E-state index is 11.7. The van der Waals surface area contributed by atoms with Crippen molar-refractivity contribution in [3.05, 3.63) is 26.4 Å². The Morgan fingerprint density at radius 3 is 2.88 bits per heavy atom. The molecule has 0 aromatic carbocycles. The molecule has 1 unspecified atom stereocenters. The minimum absolute atomic E-state index is 0.00263. The first-order valence-corrected chi connectivity index (χ1v) is 5.35. The van der Waals surface area contributed by atoms with Gasteiger partial charge in [0, 0.05) is 13.1 Å². The van der Waals surface area contributed by atoms with Gasteiger partial charge in [0.15, 0.2) is 0 Å². The molecule has 1 aliphatic heterocycles. The van der Waals surface area contributed by atoms with Gasteiger partial charge in [-0.25, -0.2) is 4.79 Å². The molecule has 0 saturated carbocycles. The summed E-state index contributed by atoms with van der Waals surface area (Å²) in [4.78, 5) is 29.6. The van der Waals surface area contributed by atoms with Gasteiger partial charge < -0.3 is 10.0 Å². The monoisotopic (exact) mass is 225 g/mol. The van der Waals surface area contributed by atoms with Crippen LogP contribution in [0, 0.1) is 0 Å². The van der Waals surface area contributed by atoms with Gasteiger partial charge in [0.05, 0.1) is 12.2 Å². The van der Waals surface area contributed by atoms with Crippen molar-refractivity contribution in [1.82, 2.24) is 9.97 Å². The lowest BCUT2D eigenvalue weighted by Crippen LogP contribution is -2.40. The summed E-state index contributed by atoms with van der Waals surface area (Å²) >= 11 is 0. The predicted octanol–water partition coefficient (Wildman–Crippen LogP) is -0.631. The number of nitrogens with zero attached hydrogens (tertiary/aromatic N) is 1. The molecule has 3 N–H and O–H groups in total. The third-order valence-corrected chi connectivity index (χ3v) is 2.97. The Kier molecular flexibility index (Phi) is 2.82. The number of aliphatic hydroxyl groups is 1. The van der Waals surface area contributed by atoms with Crippen molar-refractivity contribution in [2.45, 2.75) is 19.3 Å². The molecule has 1 aromatic heterocycles. The summed E-state index contributed by atoms with van der Waals surface area (Å²) in [5, 5.41) is 8.93. The van der Waals surface area contributed by atoms with Crippen LogP contribution in [0.25, 0.3) is 0 Å². The number of anilines is 1. The first-order chi connectivity index (χ1) is 7.63. The maximum Gasteiger partial charge on any atom is 0.327 e. The van der Waals surface area contributed by atoms with E-state index in [-0.39, 0.29) is 18.1 Å². The zero-order valence-corrected chi connectivity index (χ0v) is 9.12. The van der Waals surface area contributed by atoms with Crippen molar-refractivity contribution >= 4 is 5.82 Å². The van der Waals surface area contributed by atoms with Crippen LogP contribution in [0.5, 0.6) is 0 Å². The van der Waals surface area contributed by atoms with Gasteiger partial charge in [0.2, 0.25) is 0 Å². The molecular formula is C10H15N3O3. The zero-order chi connectivity index (χ0) is 11.7. The Hall–Kier alpha value is -1.56. The minimum Gasteiger partial charge on any atom is -0.395 e. The van der Waals surface area contributed by atoms with Gasteiger partial charge in [-0.3, -0.25) is 14.8 Å². The predicted molar refractivity (Wildman–Crippen MR) is 60.0 cm³/mol. The lowest BCUT2D eigenvalue weighted by molar-refractivity contribution is 0.299. The Labute approximate surface area is 91.9 Å². The van der Waals surface area contributed by atoms with Crippen molar-refractivity contribution in [3.8, 4) is 0 Å². The molecule has 1 aromatic rings. The lowest BCUT2D eigenvalue weighted by Gasteiger charge is -2.32. The lowest BCUT2D eigenvalue weighted by atomic mass is 9.95. The first kappa shape index (κ1) is 10.9. The first-order valence-electron chi connectivity index (χ1n) is 5.35. The summed E-state index contributed by atoms with van der Waals surface area (Å²) in [5.41, 5.74) is -0.214. The van der Waals surface area contributed by atoms with Gasteiger partial charge in [-0.05, 0) is 12.3 Å². The fourth-order valence-corrected chi connectivity index (χ4v) is 2.14. The van der Waals surface area contributed by atoms with Crippen LogP contribution in [-0.4, -0.2) is 34.8 Å². The smallest absolute Gasteiger partial charge is 0.327 e. The highest BCUT2D eigenvalue weighted by Gasteiger charge is 2.25.